The van der Waals surface area contributed by atoms with E-state index in [9.17, 15) is 22.0 Å². The minimum Gasteiger partial charge on any atom is -0.338 e. The highest BCUT2D eigenvalue weighted by atomic mass is 32.2. The zero-order chi connectivity index (χ0) is 22.9. The van der Waals surface area contributed by atoms with E-state index in [-0.39, 0.29) is 42.2 Å². The summed E-state index contributed by atoms with van der Waals surface area (Å²) in [7, 11) is -2.04. The van der Waals surface area contributed by atoms with Gasteiger partial charge in [-0.1, -0.05) is 30.3 Å². The molecule has 4 rings (SSSR count). The molecule has 32 heavy (non-hydrogen) atoms. The molecule has 0 bridgehead atoms. The SMILES string of the molecule is CN(Cc1nc2ccccc2n1C(F)F)C(=O)C1CCN(S(=O)(=O)c2ccccc2)CC1. The molecule has 0 atom stereocenters. The van der Waals surface area contributed by atoms with Crippen molar-refractivity contribution in [2.45, 2.75) is 30.8 Å². The van der Waals surface area contributed by atoms with Crippen LogP contribution < -0.4 is 0 Å². The van der Waals surface area contributed by atoms with Crippen molar-refractivity contribution in [2.24, 2.45) is 5.92 Å². The van der Waals surface area contributed by atoms with Crippen LogP contribution in [0.1, 0.15) is 25.2 Å². The highest BCUT2D eigenvalue weighted by molar-refractivity contribution is 7.89. The minimum absolute atomic E-state index is 0.0552. The normalized spacial score (nSPS) is 16.0. The first kappa shape index (κ1) is 22.3. The summed E-state index contributed by atoms with van der Waals surface area (Å²) in [5, 5.41) is 0. The van der Waals surface area contributed by atoms with Gasteiger partial charge in [-0.25, -0.2) is 13.4 Å². The van der Waals surface area contributed by atoms with Crippen LogP contribution in [-0.4, -0.2) is 53.2 Å². The van der Waals surface area contributed by atoms with Gasteiger partial charge >= 0.3 is 6.55 Å². The summed E-state index contributed by atoms with van der Waals surface area (Å²) in [5.41, 5.74) is 0.765. The molecule has 2 aromatic carbocycles. The molecule has 0 saturated carbocycles. The topological polar surface area (TPSA) is 75.5 Å². The first-order chi connectivity index (χ1) is 15.3. The van der Waals surface area contributed by atoms with Crippen LogP contribution in [0.15, 0.2) is 59.5 Å². The van der Waals surface area contributed by atoms with Gasteiger partial charge < -0.3 is 4.90 Å². The maximum absolute atomic E-state index is 13.6. The van der Waals surface area contributed by atoms with Gasteiger partial charge in [0.15, 0.2) is 0 Å². The summed E-state index contributed by atoms with van der Waals surface area (Å²) in [6.45, 7) is -2.36. The second-order valence-electron chi connectivity index (χ2n) is 7.85. The lowest BCUT2D eigenvalue weighted by Crippen LogP contribution is -2.43. The Labute approximate surface area is 185 Å². The molecule has 0 N–H and O–H groups in total. The Morgan fingerprint density at radius 1 is 1.09 bits per heavy atom. The van der Waals surface area contributed by atoms with E-state index in [2.05, 4.69) is 4.98 Å². The Balaban J connectivity index is 1.43. The molecule has 1 aromatic heterocycles. The van der Waals surface area contributed by atoms with E-state index >= 15 is 0 Å². The minimum atomic E-state index is -3.60. The smallest absolute Gasteiger partial charge is 0.320 e. The van der Waals surface area contributed by atoms with Crippen molar-refractivity contribution in [1.29, 1.82) is 0 Å². The fourth-order valence-corrected chi connectivity index (χ4v) is 5.60. The van der Waals surface area contributed by atoms with Crippen LogP contribution in [0.25, 0.3) is 11.0 Å². The third-order valence-electron chi connectivity index (χ3n) is 5.80. The van der Waals surface area contributed by atoms with Gasteiger partial charge in [-0.2, -0.15) is 13.1 Å². The van der Waals surface area contributed by atoms with Gasteiger partial charge in [-0.05, 0) is 37.1 Å². The molecule has 0 aliphatic carbocycles. The predicted molar refractivity (Wildman–Crippen MR) is 115 cm³/mol. The van der Waals surface area contributed by atoms with E-state index < -0.39 is 16.6 Å². The molecule has 0 unspecified atom stereocenters. The van der Waals surface area contributed by atoms with Crippen molar-refractivity contribution in [3.8, 4) is 0 Å². The number of benzene rings is 2. The van der Waals surface area contributed by atoms with E-state index in [1.54, 1.807) is 61.6 Å². The molecule has 2 heterocycles. The van der Waals surface area contributed by atoms with E-state index in [0.717, 1.165) is 4.57 Å². The van der Waals surface area contributed by atoms with Gasteiger partial charge in [0.1, 0.15) is 5.82 Å². The molecule has 1 fully saturated rings. The Morgan fingerprint density at radius 3 is 2.38 bits per heavy atom. The molecular weight excluding hydrogens is 438 g/mol. The fourth-order valence-electron chi connectivity index (χ4n) is 4.11. The van der Waals surface area contributed by atoms with Crippen LogP contribution >= 0.6 is 0 Å². The molecule has 1 aliphatic heterocycles. The number of piperidine rings is 1. The maximum atomic E-state index is 13.6. The van der Waals surface area contributed by atoms with E-state index in [0.29, 0.717) is 23.9 Å². The van der Waals surface area contributed by atoms with E-state index in [4.69, 9.17) is 0 Å². The number of hydrogen-bond acceptors (Lipinski definition) is 4. The largest absolute Gasteiger partial charge is 0.338 e. The van der Waals surface area contributed by atoms with Crippen LogP contribution in [-0.2, 0) is 21.4 Å². The van der Waals surface area contributed by atoms with E-state index in [1.165, 1.54) is 9.21 Å². The van der Waals surface area contributed by atoms with Crippen molar-refractivity contribution in [1.82, 2.24) is 18.8 Å². The molecule has 0 radical (unpaired) electrons. The van der Waals surface area contributed by atoms with Crippen LogP contribution in [0.5, 0.6) is 0 Å². The second kappa shape index (κ2) is 8.95. The summed E-state index contributed by atoms with van der Waals surface area (Å²) < 4.78 is 55.1. The standard InChI is InChI=1S/C22H24F2N4O3S/c1-26(15-20-25-18-9-5-6-10-19(18)28(20)22(23)24)21(29)16-11-13-27(14-12-16)32(30,31)17-7-3-2-4-8-17/h2-10,16,22H,11-15H2,1H3. The summed E-state index contributed by atoms with van der Waals surface area (Å²) in [4.78, 5) is 18.9. The van der Waals surface area contributed by atoms with Gasteiger partial charge in [-0.3, -0.25) is 9.36 Å². The van der Waals surface area contributed by atoms with Gasteiger partial charge in [0.05, 0.1) is 22.5 Å². The third-order valence-corrected chi connectivity index (χ3v) is 7.72. The number of sulfonamides is 1. The highest BCUT2D eigenvalue weighted by Crippen LogP contribution is 2.27. The highest BCUT2D eigenvalue weighted by Gasteiger charge is 2.33. The molecule has 7 nitrogen and oxygen atoms in total. The van der Waals surface area contributed by atoms with Crippen LogP contribution in [0.4, 0.5) is 8.78 Å². The molecule has 1 saturated heterocycles. The molecule has 1 aliphatic rings. The first-order valence-electron chi connectivity index (χ1n) is 10.3. The Bertz CT molecular complexity index is 1210. The molecule has 170 valence electrons. The summed E-state index contributed by atoms with van der Waals surface area (Å²) in [6.07, 6.45) is 0.751. The molecule has 1 amide bonds. The third kappa shape index (κ3) is 4.24. The van der Waals surface area contributed by atoms with E-state index in [1.807, 2.05) is 0 Å². The number of hydrogen-bond donors (Lipinski definition) is 0. The van der Waals surface area contributed by atoms with Crippen LogP contribution in [0.3, 0.4) is 0 Å². The summed E-state index contributed by atoms with van der Waals surface area (Å²) >= 11 is 0. The van der Waals surface area contributed by atoms with Gasteiger partial charge in [0.25, 0.3) is 0 Å². The Morgan fingerprint density at radius 2 is 1.72 bits per heavy atom. The number of carbonyl (C=O) groups excluding carboxylic acids is 1. The first-order valence-corrected chi connectivity index (χ1v) is 11.8. The number of halogens is 2. The predicted octanol–water partition coefficient (Wildman–Crippen LogP) is 3.49. The molecule has 10 heteroatoms. The monoisotopic (exact) mass is 462 g/mol. The molecule has 3 aromatic rings. The average molecular weight is 463 g/mol. The maximum Gasteiger partial charge on any atom is 0.320 e. The zero-order valence-corrected chi connectivity index (χ0v) is 18.4. The van der Waals surface area contributed by atoms with Gasteiger partial charge in [-0.15, -0.1) is 0 Å². The number of para-hydroxylation sites is 2. The van der Waals surface area contributed by atoms with Crippen molar-refractivity contribution in [3.63, 3.8) is 0 Å². The van der Waals surface area contributed by atoms with Crippen molar-refractivity contribution >= 4 is 27.0 Å². The van der Waals surface area contributed by atoms with Crippen molar-refractivity contribution < 1.29 is 22.0 Å². The lowest BCUT2D eigenvalue weighted by Gasteiger charge is -2.32. The second-order valence-corrected chi connectivity index (χ2v) is 9.79. The van der Waals surface area contributed by atoms with Gasteiger partial charge in [0, 0.05) is 26.1 Å². The number of aromatic nitrogens is 2. The van der Waals surface area contributed by atoms with Gasteiger partial charge in [0.2, 0.25) is 15.9 Å². The Kier molecular flexibility index (Phi) is 6.25. The summed E-state index contributed by atoms with van der Waals surface area (Å²) in [5.74, 6) is -0.456. The number of fused-ring (bicyclic) bond motifs is 1. The lowest BCUT2D eigenvalue weighted by molar-refractivity contribution is -0.136. The Hall–Kier alpha value is -2.85. The number of nitrogens with zero attached hydrogens (tertiary/aromatic N) is 4. The number of carbonyl (C=O) groups is 1. The lowest BCUT2D eigenvalue weighted by atomic mass is 9.96. The number of amides is 1. The van der Waals surface area contributed by atoms with Crippen LogP contribution in [0.2, 0.25) is 0 Å². The van der Waals surface area contributed by atoms with Crippen molar-refractivity contribution in [2.75, 3.05) is 20.1 Å². The fraction of sp³-hybridized carbons (Fsp3) is 0.364. The average Bonchev–Trinajstić information content (AvgIpc) is 3.17. The zero-order valence-electron chi connectivity index (χ0n) is 17.6. The summed E-state index contributed by atoms with van der Waals surface area (Å²) in [6, 6.07) is 14.8. The van der Waals surface area contributed by atoms with Crippen LogP contribution in [0, 0.1) is 5.92 Å². The quantitative estimate of drug-likeness (QED) is 0.562. The number of imidazole rings is 1. The molecular formula is C22H24F2N4O3S. The number of alkyl halides is 2. The number of rotatable bonds is 6. The molecule has 0 spiro atoms. The van der Waals surface area contributed by atoms with Crippen molar-refractivity contribution in [3.05, 3.63) is 60.4 Å².